The molecule has 9 aromatic carbocycles. The third-order valence-corrected chi connectivity index (χ3v) is 10.3. The van der Waals surface area contributed by atoms with Crippen LogP contribution in [0.25, 0.3) is 54.2 Å². The predicted octanol–water partition coefficient (Wildman–Crippen LogP) is 11.0. The molecule has 1 N–H and O–H groups in total. The van der Waals surface area contributed by atoms with Crippen LogP contribution in [0.15, 0.2) is 174 Å². The van der Waals surface area contributed by atoms with Gasteiger partial charge in [0.25, 0.3) is 0 Å². The van der Waals surface area contributed by atoms with Gasteiger partial charge in [-0.25, -0.2) is 9.98 Å². The lowest BCUT2D eigenvalue weighted by molar-refractivity contribution is 0.687. The number of rotatable bonds is 4. The van der Waals surface area contributed by atoms with Gasteiger partial charge in [0, 0.05) is 32.6 Å². The number of anilines is 1. The number of nitrogens with zero attached hydrogens (tertiary/aromatic N) is 2. The molecule has 3 nitrogen and oxygen atoms in total. The van der Waals surface area contributed by atoms with Crippen molar-refractivity contribution in [2.45, 2.75) is 12.5 Å². The minimum absolute atomic E-state index is 0.547. The van der Waals surface area contributed by atoms with E-state index in [4.69, 9.17) is 9.98 Å². The molecule has 0 saturated heterocycles. The third-order valence-electron chi connectivity index (χ3n) is 10.3. The van der Waals surface area contributed by atoms with Crippen molar-refractivity contribution in [2.75, 3.05) is 5.32 Å². The Morgan fingerprint density at radius 2 is 0.898 bits per heavy atom. The zero-order valence-electron chi connectivity index (χ0n) is 27.0. The van der Waals surface area contributed by atoms with Gasteiger partial charge in [0.2, 0.25) is 0 Å². The molecule has 1 aliphatic rings. The summed E-state index contributed by atoms with van der Waals surface area (Å²) >= 11 is 0. The number of hydrogen-bond donors (Lipinski definition) is 1. The molecule has 9 aromatic rings. The molecule has 0 saturated carbocycles. The van der Waals surface area contributed by atoms with Crippen molar-refractivity contribution < 1.29 is 0 Å². The second-order valence-corrected chi connectivity index (χ2v) is 13.1. The van der Waals surface area contributed by atoms with Gasteiger partial charge >= 0.3 is 0 Å². The molecule has 0 radical (unpaired) electrons. The molecule has 230 valence electrons. The maximum absolute atomic E-state index is 5.46. The van der Waals surface area contributed by atoms with E-state index in [1.807, 2.05) is 12.1 Å². The Hall–Kier alpha value is -6.32. The summed E-state index contributed by atoms with van der Waals surface area (Å²) < 4.78 is 0. The molecule has 0 fully saturated rings. The minimum Gasteiger partial charge on any atom is -0.372 e. The summed E-state index contributed by atoms with van der Waals surface area (Å²) in [4.78, 5) is 10.9. The van der Waals surface area contributed by atoms with Gasteiger partial charge in [-0.3, -0.25) is 0 Å². The predicted molar refractivity (Wildman–Crippen MR) is 204 cm³/mol. The van der Waals surface area contributed by atoms with E-state index in [0.29, 0.717) is 0 Å². The quantitative estimate of drug-likeness (QED) is 0.208. The van der Waals surface area contributed by atoms with Crippen LogP contribution in [0, 0.1) is 0 Å². The summed E-state index contributed by atoms with van der Waals surface area (Å²) in [6, 6.07) is 57.8. The Morgan fingerprint density at radius 3 is 1.51 bits per heavy atom. The summed E-state index contributed by atoms with van der Waals surface area (Å²) in [7, 11) is 0. The maximum Gasteiger partial charge on any atom is 0.0869 e. The number of para-hydroxylation sites is 3. The lowest BCUT2D eigenvalue weighted by Crippen LogP contribution is -2.31. The Labute approximate surface area is 283 Å². The van der Waals surface area contributed by atoms with Crippen molar-refractivity contribution in [2.24, 2.45) is 9.98 Å². The molecule has 49 heavy (non-hydrogen) atoms. The van der Waals surface area contributed by atoms with Crippen LogP contribution in [0.3, 0.4) is 0 Å². The van der Waals surface area contributed by atoms with E-state index in [1.54, 1.807) is 0 Å². The molecule has 0 heterocycles. The van der Waals surface area contributed by atoms with Crippen LogP contribution < -0.4 is 16.0 Å². The first-order valence-corrected chi connectivity index (χ1v) is 16.9. The molecular formula is C46H31N3. The largest absolute Gasteiger partial charge is 0.372 e. The smallest absolute Gasteiger partial charge is 0.0869 e. The van der Waals surface area contributed by atoms with Gasteiger partial charge in [-0.15, -0.1) is 0 Å². The monoisotopic (exact) mass is 625 g/mol. The zero-order valence-corrected chi connectivity index (χ0v) is 27.0. The molecule has 0 aromatic heterocycles. The standard InChI is InChI=1S/C46H31N3/c1-46(49-31-21-9-4-10-22-31)37-28-16-15-27-36(37)40-42-38(32-23-11-13-25-34(32)44(42)47-29-17-5-2-6-18-29)41-39(43(40)46)33-24-12-14-26-35(33)45(41)48-30-19-7-3-8-20-30/h2-28,49H,1H3. The number of nitrogens with one attached hydrogen (secondary N) is 1. The Balaban J connectivity index is 1.52. The van der Waals surface area contributed by atoms with E-state index in [9.17, 15) is 0 Å². The van der Waals surface area contributed by atoms with Crippen molar-refractivity contribution >= 4 is 60.2 Å². The first-order valence-electron chi connectivity index (χ1n) is 16.9. The van der Waals surface area contributed by atoms with Crippen LogP contribution in [-0.2, 0) is 5.54 Å². The molecule has 1 atom stereocenters. The summed E-state index contributed by atoms with van der Waals surface area (Å²) in [5.74, 6) is 0. The molecule has 0 bridgehead atoms. The van der Waals surface area contributed by atoms with E-state index in [-0.39, 0.29) is 0 Å². The van der Waals surface area contributed by atoms with E-state index >= 15 is 0 Å². The lowest BCUT2D eigenvalue weighted by Gasteiger charge is -2.31. The maximum atomic E-state index is 5.46. The van der Waals surface area contributed by atoms with Gasteiger partial charge in [-0.05, 0) is 81.7 Å². The summed E-state index contributed by atoms with van der Waals surface area (Å²) in [5, 5.41) is 15.6. The van der Waals surface area contributed by atoms with Gasteiger partial charge in [-0.2, -0.15) is 0 Å². The molecule has 0 aliphatic heterocycles. The van der Waals surface area contributed by atoms with Crippen molar-refractivity contribution in [1.82, 2.24) is 0 Å². The fourth-order valence-corrected chi connectivity index (χ4v) is 8.32. The van der Waals surface area contributed by atoms with E-state index < -0.39 is 5.54 Å². The molecule has 1 aliphatic carbocycles. The summed E-state index contributed by atoms with van der Waals surface area (Å²) in [6.45, 7) is 2.35. The average molecular weight is 626 g/mol. The summed E-state index contributed by atoms with van der Waals surface area (Å²) in [6.07, 6.45) is 0. The molecule has 0 amide bonds. The lowest BCUT2D eigenvalue weighted by atomic mass is 9.85. The highest BCUT2D eigenvalue weighted by Crippen LogP contribution is 2.56. The fourth-order valence-electron chi connectivity index (χ4n) is 8.32. The Kier molecular flexibility index (Phi) is 6.00. The first-order chi connectivity index (χ1) is 24.2. The van der Waals surface area contributed by atoms with Crippen molar-refractivity contribution in [3.05, 3.63) is 186 Å². The van der Waals surface area contributed by atoms with E-state index in [2.05, 4.69) is 164 Å². The van der Waals surface area contributed by atoms with Crippen LogP contribution in [0.5, 0.6) is 0 Å². The topological polar surface area (TPSA) is 36.8 Å². The third kappa shape index (κ3) is 4.03. The molecular weight excluding hydrogens is 595 g/mol. The van der Waals surface area contributed by atoms with Crippen molar-refractivity contribution in [3.63, 3.8) is 0 Å². The first kappa shape index (κ1) is 27.8. The Bertz CT molecular complexity index is 2850. The van der Waals surface area contributed by atoms with E-state index in [0.717, 1.165) is 38.5 Å². The molecule has 10 rings (SSSR count). The second-order valence-electron chi connectivity index (χ2n) is 13.1. The van der Waals surface area contributed by atoms with Crippen LogP contribution in [-0.4, -0.2) is 0 Å². The normalized spacial score (nSPS) is 16.2. The van der Waals surface area contributed by atoms with Gasteiger partial charge in [0.1, 0.15) is 0 Å². The molecule has 3 heteroatoms. The van der Waals surface area contributed by atoms with Gasteiger partial charge < -0.3 is 5.32 Å². The number of hydrogen-bond acceptors (Lipinski definition) is 3. The highest BCUT2D eigenvalue weighted by Gasteiger charge is 2.43. The van der Waals surface area contributed by atoms with Crippen LogP contribution in [0.2, 0.25) is 0 Å². The number of fused-ring (bicyclic) bond motifs is 12. The average Bonchev–Trinajstić information content (AvgIpc) is 3.73. The van der Waals surface area contributed by atoms with Crippen LogP contribution >= 0.6 is 0 Å². The molecule has 1 unspecified atom stereocenters. The minimum atomic E-state index is -0.547. The van der Waals surface area contributed by atoms with Crippen molar-refractivity contribution in [1.29, 1.82) is 0 Å². The highest BCUT2D eigenvalue weighted by molar-refractivity contribution is 6.33. The van der Waals surface area contributed by atoms with Gasteiger partial charge in [-0.1, -0.05) is 127 Å². The highest BCUT2D eigenvalue weighted by atomic mass is 15.0. The second kappa shape index (κ2) is 10.6. The number of benzene rings is 7. The van der Waals surface area contributed by atoms with Crippen LogP contribution in [0.4, 0.5) is 17.1 Å². The van der Waals surface area contributed by atoms with Crippen molar-refractivity contribution in [3.8, 4) is 11.1 Å². The fraction of sp³-hybridized carbons (Fsp3) is 0.0435. The SMILES string of the molecule is CC1(Nc2ccccc2)c2ccccc2-c2c1c1c3ccccc3c(=Nc3ccccc3)c1c1c2c(=Nc2ccccc2)c2ccccc21. The van der Waals surface area contributed by atoms with Gasteiger partial charge in [0.05, 0.1) is 27.6 Å². The molecule has 0 spiro atoms. The zero-order chi connectivity index (χ0) is 32.5. The van der Waals surface area contributed by atoms with Gasteiger partial charge in [0.15, 0.2) is 0 Å². The Morgan fingerprint density at radius 1 is 0.429 bits per heavy atom. The van der Waals surface area contributed by atoms with E-state index in [1.165, 1.54) is 54.6 Å². The summed E-state index contributed by atoms with van der Waals surface area (Å²) in [5.41, 5.74) is 7.41. The van der Waals surface area contributed by atoms with Crippen LogP contribution in [0.1, 0.15) is 18.1 Å².